The molecule has 1 aromatic rings. The van der Waals surface area contributed by atoms with Crippen LogP contribution in [0, 0.1) is 11.2 Å². The molecule has 0 unspecified atom stereocenters. The quantitative estimate of drug-likeness (QED) is 0.771. The van der Waals surface area contributed by atoms with Crippen LogP contribution in [0.4, 0.5) is 4.39 Å². The summed E-state index contributed by atoms with van der Waals surface area (Å²) >= 11 is 0. The van der Waals surface area contributed by atoms with Crippen LogP contribution < -0.4 is 5.73 Å². The summed E-state index contributed by atoms with van der Waals surface area (Å²) < 4.78 is 13.1. The molecule has 14 heavy (non-hydrogen) atoms. The normalized spacial score (nSPS) is 11.8. The summed E-state index contributed by atoms with van der Waals surface area (Å²) in [5, 5.41) is 0. The predicted molar refractivity (Wildman–Crippen MR) is 57.5 cm³/mol. The van der Waals surface area contributed by atoms with E-state index in [4.69, 9.17) is 5.73 Å². The number of benzene rings is 1. The molecular formula is C12H18FN. The zero-order chi connectivity index (χ0) is 10.8. The van der Waals surface area contributed by atoms with Crippen LogP contribution in [0.1, 0.15) is 31.9 Å². The van der Waals surface area contributed by atoms with Gasteiger partial charge in [0.1, 0.15) is 5.82 Å². The fourth-order valence-electron chi connectivity index (χ4n) is 1.51. The number of hydrogen-bond donors (Lipinski definition) is 1. The van der Waals surface area contributed by atoms with Crippen molar-refractivity contribution in [2.45, 2.75) is 33.7 Å². The lowest BCUT2D eigenvalue weighted by Gasteiger charge is -2.18. The first kappa shape index (κ1) is 11.2. The number of halogens is 1. The Labute approximate surface area is 85.1 Å². The Hall–Kier alpha value is -0.890. The number of rotatable bonds is 2. The minimum absolute atomic E-state index is 0.204. The molecule has 0 aliphatic carbocycles. The van der Waals surface area contributed by atoms with Gasteiger partial charge in [0.2, 0.25) is 0 Å². The first-order valence-electron chi connectivity index (χ1n) is 4.90. The minimum Gasteiger partial charge on any atom is -0.326 e. The fraction of sp³-hybridized carbons (Fsp3) is 0.500. The molecule has 0 fully saturated rings. The van der Waals surface area contributed by atoms with Gasteiger partial charge in [0.05, 0.1) is 0 Å². The van der Waals surface area contributed by atoms with Crippen molar-refractivity contribution in [1.82, 2.24) is 0 Å². The summed E-state index contributed by atoms with van der Waals surface area (Å²) in [6.45, 7) is 6.76. The maximum Gasteiger partial charge on any atom is 0.127 e. The molecule has 0 atom stereocenters. The van der Waals surface area contributed by atoms with Crippen LogP contribution in [0.3, 0.4) is 0 Å². The van der Waals surface area contributed by atoms with E-state index in [-0.39, 0.29) is 17.8 Å². The Morgan fingerprint density at radius 1 is 1.29 bits per heavy atom. The summed E-state index contributed by atoms with van der Waals surface area (Å²) in [6.07, 6.45) is 0.945. The maximum absolute atomic E-state index is 13.1. The number of nitrogens with two attached hydrogens (primary N) is 1. The average Bonchev–Trinajstić information content (AvgIpc) is 2.06. The van der Waals surface area contributed by atoms with Gasteiger partial charge in [-0.15, -0.1) is 0 Å². The first-order valence-corrected chi connectivity index (χ1v) is 4.90. The van der Waals surface area contributed by atoms with Gasteiger partial charge < -0.3 is 5.73 Å². The van der Waals surface area contributed by atoms with E-state index in [1.807, 2.05) is 12.1 Å². The third kappa shape index (κ3) is 3.11. The smallest absolute Gasteiger partial charge is 0.127 e. The molecule has 0 aliphatic rings. The first-order chi connectivity index (χ1) is 6.42. The van der Waals surface area contributed by atoms with E-state index < -0.39 is 0 Å². The van der Waals surface area contributed by atoms with Crippen LogP contribution >= 0.6 is 0 Å². The number of hydrogen-bond acceptors (Lipinski definition) is 1. The van der Waals surface area contributed by atoms with Crippen molar-refractivity contribution in [3.8, 4) is 0 Å². The molecule has 0 heterocycles. The van der Waals surface area contributed by atoms with Crippen LogP contribution in [0.15, 0.2) is 18.2 Å². The van der Waals surface area contributed by atoms with Gasteiger partial charge in [-0.05, 0) is 23.5 Å². The standard InChI is InChI=1S/C12H18FN/c1-12(2,3)7-9-4-5-11(13)10(6-9)8-14/h4-6H,7-8,14H2,1-3H3. The van der Waals surface area contributed by atoms with E-state index in [2.05, 4.69) is 20.8 Å². The lowest BCUT2D eigenvalue weighted by molar-refractivity contribution is 0.410. The van der Waals surface area contributed by atoms with Crippen molar-refractivity contribution in [1.29, 1.82) is 0 Å². The van der Waals surface area contributed by atoms with E-state index in [9.17, 15) is 4.39 Å². The van der Waals surface area contributed by atoms with Crippen LogP contribution in [0.25, 0.3) is 0 Å². The fourth-order valence-corrected chi connectivity index (χ4v) is 1.51. The largest absolute Gasteiger partial charge is 0.326 e. The third-order valence-corrected chi connectivity index (χ3v) is 2.06. The second-order valence-electron chi connectivity index (χ2n) is 4.87. The second kappa shape index (κ2) is 4.09. The lowest BCUT2D eigenvalue weighted by Crippen LogP contribution is -2.10. The maximum atomic E-state index is 13.1. The molecule has 0 aliphatic heterocycles. The Kier molecular flexibility index (Phi) is 3.27. The SMILES string of the molecule is CC(C)(C)Cc1ccc(F)c(CN)c1. The molecule has 78 valence electrons. The van der Waals surface area contributed by atoms with E-state index in [1.54, 1.807) is 0 Å². The van der Waals surface area contributed by atoms with E-state index in [1.165, 1.54) is 6.07 Å². The molecule has 2 heteroatoms. The van der Waals surface area contributed by atoms with Crippen LogP contribution in [-0.2, 0) is 13.0 Å². The summed E-state index contributed by atoms with van der Waals surface area (Å²) in [5.74, 6) is -0.204. The molecule has 2 N–H and O–H groups in total. The van der Waals surface area contributed by atoms with Crippen molar-refractivity contribution < 1.29 is 4.39 Å². The molecule has 0 spiro atoms. The van der Waals surface area contributed by atoms with Crippen molar-refractivity contribution in [2.24, 2.45) is 11.1 Å². The van der Waals surface area contributed by atoms with E-state index in [0.717, 1.165) is 12.0 Å². The highest BCUT2D eigenvalue weighted by Gasteiger charge is 2.12. The molecule has 0 bridgehead atoms. The molecule has 1 aromatic carbocycles. The average molecular weight is 195 g/mol. The Morgan fingerprint density at radius 3 is 2.43 bits per heavy atom. The lowest BCUT2D eigenvalue weighted by atomic mass is 9.87. The molecule has 0 saturated heterocycles. The molecule has 1 rings (SSSR count). The van der Waals surface area contributed by atoms with Crippen molar-refractivity contribution in [3.63, 3.8) is 0 Å². The van der Waals surface area contributed by atoms with E-state index >= 15 is 0 Å². The Morgan fingerprint density at radius 2 is 1.93 bits per heavy atom. The van der Waals surface area contributed by atoms with Gasteiger partial charge >= 0.3 is 0 Å². The van der Waals surface area contributed by atoms with Gasteiger partial charge in [0.15, 0.2) is 0 Å². The van der Waals surface area contributed by atoms with Gasteiger partial charge in [-0.3, -0.25) is 0 Å². The van der Waals surface area contributed by atoms with Crippen LogP contribution in [0.2, 0.25) is 0 Å². The Bertz CT molecular complexity index is 313. The van der Waals surface area contributed by atoms with Gasteiger partial charge in [-0.2, -0.15) is 0 Å². The molecule has 1 nitrogen and oxygen atoms in total. The van der Waals surface area contributed by atoms with Gasteiger partial charge in [0.25, 0.3) is 0 Å². The third-order valence-electron chi connectivity index (χ3n) is 2.06. The molecule has 0 aromatic heterocycles. The molecular weight excluding hydrogens is 177 g/mol. The van der Waals surface area contributed by atoms with Crippen molar-refractivity contribution in [2.75, 3.05) is 0 Å². The zero-order valence-corrected chi connectivity index (χ0v) is 9.10. The minimum atomic E-state index is -0.204. The second-order valence-corrected chi connectivity index (χ2v) is 4.87. The molecule has 0 radical (unpaired) electrons. The van der Waals surface area contributed by atoms with Crippen LogP contribution in [-0.4, -0.2) is 0 Å². The predicted octanol–water partition coefficient (Wildman–Crippen LogP) is 2.87. The highest BCUT2D eigenvalue weighted by Crippen LogP contribution is 2.21. The van der Waals surface area contributed by atoms with Crippen molar-refractivity contribution in [3.05, 3.63) is 35.1 Å². The summed E-state index contributed by atoms with van der Waals surface area (Å²) in [4.78, 5) is 0. The van der Waals surface area contributed by atoms with Crippen LogP contribution in [0.5, 0.6) is 0 Å². The van der Waals surface area contributed by atoms with Gasteiger partial charge in [0, 0.05) is 12.1 Å². The van der Waals surface area contributed by atoms with Gasteiger partial charge in [-0.25, -0.2) is 4.39 Å². The summed E-state index contributed by atoms with van der Waals surface area (Å²) in [6, 6.07) is 5.20. The van der Waals surface area contributed by atoms with E-state index in [0.29, 0.717) is 5.56 Å². The summed E-state index contributed by atoms with van der Waals surface area (Å²) in [5.41, 5.74) is 7.42. The summed E-state index contributed by atoms with van der Waals surface area (Å²) in [7, 11) is 0. The topological polar surface area (TPSA) is 26.0 Å². The zero-order valence-electron chi connectivity index (χ0n) is 9.10. The van der Waals surface area contributed by atoms with Crippen molar-refractivity contribution >= 4 is 0 Å². The monoisotopic (exact) mass is 195 g/mol. The molecule has 0 amide bonds. The van der Waals surface area contributed by atoms with Gasteiger partial charge in [-0.1, -0.05) is 32.9 Å². The Balaban J connectivity index is 2.90. The highest BCUT2D eigenvalue weighted by molar-refractivity contribution is 5.25. The molecule has 0 saturated carbocycles. The highest BCUT2D eigenvalue weighted by atomic mass is 19.1.